The van der Waals surface area contributed by atoms with Crippen LogP contribution in [0.25, 0.3) is 0 Å². The van der Waals surface area contributed by atoms with Crippen molar-refractivity contribution >= 4 is 11.4 Å². The molecule has 1 aromatic carbocycles. The molecule has 0 aromatic heterocycles. The van der Waals surface area contributed by atoms with Crippen LogP contribution < -0.4 is 5.32 Å². The standard InChI is InChI=1S/C15H20N2O2/c1-10(15-8-11-5-6-12(15)7-11)16-13-3-2-4-14(9-13)17(18)19/h2-4,9-12,15-16H,5-8H2,1H3. The summed E-state index contributed by atoms with van der Waals surface area (Å²) < 4.78 is 0. The fraction of sp³-hybridized carbons (Fsp3) is 0.600. The van der Waals surface area contributed by atoms with E-state index in [2.05, 4.69) is 12.2 Å². The van der Waals surface area contributed by atoms with Gasteiger partial charge in [-0.05, 0) is 50.0 Å². The zero-order chi connectivity index (χ0) is 13.4. The molecule has 4 unspecified atom stereocenters. The maximum absolute atomic E-state index is 10.8. The summed E-state index contributed by atoms with van der Waals surface area (Å²) in [6.45, 7) is 2.21. The Labute approximate surface area is 113 Å². The molecule has 2 aliphatic rings. The summed E-state index contributed by atoms with van der Waals surface area (Å²) in [5, 5.41) is 14.2. The zero-order valence-corrected chi connectivity index (χ0v) is 11.2. The third kappa shape index (κ3) is 2.44. The van der Waals surface area contributed by atoms with E-state index in [0.29, 0.717) is 6.04 Å². The summed E-state index contributed by atoms with van der Waals surface area (Å²) in [4.78, 5) is 10.4. The Balaban J connectivity index is 1.67. The molecule has 0 aliphatic heterocycles. The highest BCUT2D eigenvalue weighted by molar-refractivity contribution is 5.51. The van der Waals surface area contributed by atoms with Crippen molar-refractivity contribution in [2.45, 2.75) is 38.6 Å². The van der Waals surface area contributed by atoms with E-state index in [1.807, 2.05) is 6.07 Å². The van der Waals surface area contributed by atoms with Gasteiger partial charge in [0.1, 0.15) is 0 Å². The van der Waals surface area contributed by atoms with E-state index in [9.17, 15) is 10.1 Å². The highest BCUT2D eigenvalue weighted by Gasteiger charge is 2.41. The minimum atomic E-state index is -0.340. The van der Waals surface area contributed by atoms with E-state index >= 15 is 0 Å². The molecule has 0 radical (unpaired) electrons. The lowest BCUT2D eigenvalue weighted by Crippen LogP contribution is -2.29. The van der Waals surface area contributed by atoms with Crippen molar-refractivity contribution < 1.29 is 4.92 Å². The molecule has 2 fully saturated rings. The first-order chi connectivity index (χ1) is 9.13. The third-order valence-electron chi connectivity index (χ3n) is 4.89. The van der Waals surface area contributed by atoms with Crippen LogP contribution in [0, 0.1) is 27.9 Å². The Kier molecular flexibility index (Phi) is 3.17. The zero-order valence-electron chi connectivity index (χ0n) is 11.2. The van der Waals surface area contributed by atoms with Crippen LogP contribution in [0.15, 0.2) is 24.3 Å². The van der Waals surface area contributed by atoms with Crippen molar-refractivity contribution in [1.82, 2.24) is 0 Å². The lowest BCUT2D eigenvalue weighted by molar-refractivity contribution is -0.384. The number of nitro benzene ring substituents is 1. The molecule has 4 heteroatoms. The second kappa shape index (κ2) is 4.83. The van der Waals surface area contributed by atoms with Gasteiger partial charge in [-0.1, -0.05) is 12.5 Å². The number of non-ortho nitro benzene ring substituents is 1. The monoisotopic (exact) mass is 260 g/mol. The van der Waals surface area contributed by atoms with E-state index < -0.39 is 0 Å². The van der Waals surface area contributed by atoms with Gasteiger partial charge in [-0.3, -0.25) is 10.1 Å². The minimum Gasteiger partial charge on any atom is -0.382 e. The summed E-state index contributed by atoms with van der Waals surface area (Å²) in [6, 6.07) is 7.22. The highest BCUT2D eigenvalue weighted by Crippen LogP contribution is 2.49. The van der Waals surface area contributed by atoms with E-state index in [1.54, 1.807) is 12.1 Å². The third-order valence-corrected chi connectivity index (χ3v) is 4.89. The number of hydrogen-bond acceptors (Lipinski definition) is 3. The Morgan fingerprint density at radius 2 is 2.21 bits per heavy atom. The predicted molar refractivity (Wildman–Crippen MR) is 75.1 cm³/mol. The number of anilines is 1. The van der Waals surface area contributed by atoms with Crippen molar-refractivity contribution in [1.29, 1.82) is 0 Å². The van der Waals surface area contributed by atoms with Crippen LogP contribution in [-0.4, -0.2) is 11.0 Å². The van der Waals surface area contributed by atoms with Gasteiger partial charge in [0.05, 0.1) is 4.92 Å². The molecule has 4 atom stereocenters. The van der Waals surface area contributed by atoms with Gasteiger partial charge in [-0.2, -0.15) is 0 Å². The van der Waals surface area contributed by atoms with Gasteiger partial charge in [0, 0.05) is 23.9 Å². The van der Waals surface area contributed by atoms with Crippen LogP contribution in [0.1, 0.15) is 32.6 Å². The number of nitrogens with zero attached hydrogens (tertiary/aromatic N) is 1. The van der Waals surface area contributed by atoms with E-state index in [0.717, 1.165) is 23.4 Å². The van der Waals surface area contributed by atoms with E-state index in [-0.39, 0.29) is 10.6 Å². The summed E-state index contributed by atoms with van der Waals surface area (Å²) in [6.07, 6.45) is 5.50. The van der Waals surface area contributed by atoms with E-state index in [4.69, 9.17) is 0 Å². The Hall–Kier alpha value is -1.58. The van der Waals surface area contributed by atoms with Crippen LogP contribution in [-0.2, 0) is 0 Å². The Morgan fingerprint density at radius 1 is 1.37 bits per heavy atom. The number of nitro groups is 1. The smallest absolute Gasteiger partial charge is 0.271 e. The fourth-order valence-corrected chi connectivity index (χ4v) is 3.99. The van der Waals surface area contributed by atoms with Crippen LogP contribution in [0.4, 0.5) is 11.4 Å². The minimum absolute atomic E-state index is 0.158. The maximum atomic E-state index is 10.8. The number of hydrogen-bond donors (Lipinski definition) is 1. The quantitative estimate of drug-likeness (QED) is 0.661. The number of nitrogens with one attached hydrogen (secondary N) is 1. The summed E-state index contributed by atoms with van der Waals surface area (Å²) >= 11 is 0. The van der Waals surface area contributed by atoms with Crippen LogP contribution in [0.2, 0.25) is 0 Å². The molecule has 1 N–H and O–H groups in total. The number of fused-ring (bicyclic) bond motifs is 2. The van der Waals surface area contributed by atoms with Crippen molar-refractivity contribution in [3.63, 3.8) is 0 Å². The molecule has 0 heterocycles. The lowest BCUT2D eigenvalue weighted by Gasteiger charge is -2.29. The van der Waals surface area contributed by atoms with Crippen molar-refractivity contribution in [3.8, 4) is 0 Å². The van der Waals surface area contributed by atoms with Gasteiger partial charge in [0.15, 0.2) is 0 Å². The second-order valence-corrected chi connectivity index (χ2v) is 6.08. The first kappa shape index (κ1) is 12.5. The molecule has 19 heavy (non-hydrogen) atoms. The van der Waals surface area contributed by atoms with Gasteiger partial charge in [0.2, 0.25) is 0 Å². The Bertz CT molecular complexity index is 489. The van der Waals surface area contributed by atoms with Crippen molar-refractivity contribution in [2.75, 3.05) is 5.32 Å². The molecule has 4 nitrogen and oxygen atoms in total. The van der Waals surface area contributed by atoms with Crippen LogP contribution >= 0.6 is 0 Å². The topological polar surface area (TPSA) is 55.2 Å². The molecular weight excluding hydrogens is 240 g/mol. The molecule has 0 saturated heterocycles. The molecule has 3 rings (SSSR count). The van der Waals surface area contributed by atoms with Crippen molar-refractivity contribution in [3.05, 3.63) is 34.4 Å². The predicted octanol–water partition coefficient (Wildman–Crippen LogP) is 3.83. The molecule has 2 aliphatic carbocycles. The maximum Gasteiger partial charge on any atom is 0.271 e. The first-order valence-corrected chi connectivity index (χ1v) is 7.14. The molecule has 0 amide bonds. The molecule has 0 spiro atoms. The SMILES string of the molecule is CC(Nc1cccc([N+](=O)[O-])c1)C1CC2CCC1C2. The van der Waals surface area contributed by atoms with Gasteiger partial charge in [-0.15, -0.1) is 0 Å². The largest absolute Gasteiger partial charge is 0.382 e. The molecule has 102 valence electrons. The summed E-state index contributed by atoms with van der Waals surface area (Å²) in [5.41, 5.74) is 1.02. The van der Waals surface area contributed by atoms with Gasteiger partial charge >= 0.3 is 0 Å². The normalized spacial score (nSPS) is 30.3. The van der Waals surface area contributed by atoms with Gasteiger partial charge < -0.3 is 5.32 Å². The second-order valence-electron chi connectivity index (χ2n) is 6.08. The van der Waals surface area contributed by atoms with E-state index in [1.165, 1.54) is 31.7 Å². The van der Waals surface area contributed by atoms with Crippen LogP contribution in [0.5, 0.6) is 0 Å². The first-order valence-electron chi connectivity index (χ1n) is 7.14. The van der Waals surface area contributed by atoms with Gasteiger partial charge in [0.25, 0.3) is 5.69 Å². The summed E-state index contributed by atoms with van der Waals surface area (Å²) in [7, 11) is 0. The van der Waals surface area contributed by atoms with Gasteiger partial charge in [-0.25, -0.2) is 0 Å². The average molecular weight is 260 g/mol. The molecular formula is C15H20N2O2. The molecule has 2 bridgehead atoms. The summed E-state index contributed by atoms with van der Waals surface area (Å²) in [5.74, 6) is 2.54. The molecule has 2 saturated carbocycles. The molecule has 1 aromatic rings. The fourth-order valence-electron chi connectivity index (χ4n) is 3.99. The van der Waals surface area contributed by atoms with Crippen molar-refractivity contribution in [2.24, 2.45) is 17.8 Å². The van der Waals surface area contributed by atoms with Crippen LogP contribution in [0.3, 0.4) is 0 Å². The number of benzene rings is 1. The number of rotatable bonds is 4. The average Bonchev–Trinajstić information content (AvgIpc) is 3.01. The lowest BCUT2D eigenvalue weighted by atomic mass is 9.84. The highest BCUT2D eigenvalue weighted by atomic mass is 16.6. The Morgan fingerprint density at radius 3 is 2.84 bits per heavy atom.